The molecule has 2 rings (SSSR count). The molecule has 5 nitrogen and oxygen atoms in total. The molecule has 0 aliphatic carbocycles. The van der Waals surface area contributed by atoms with Gasteiger partial charge in [-0.25, -0.2) is 0 Å². The lowest BCUT2D eigenvalue weighted by Gasteiger charge is -2.06. The van der Waals surface area contributed by atoms with Gasteiger partial charge in [-0.2, -0.15) is 0 Å². The summed E-state index contributed by atoms with van der Waals surface area (Å²) in [6, 6.07) is 12.3. The molecule has 1 aromatic heterocycles. The first kappa shape index (κ1) is 14.1. The number of rotatable bonds is 6. The van der Waals surface area contributed by atoms with Gasteiger partial charge in [-0.15, -0.1) is 0 Å². The van der Waals surface area contributed by atoms with Crippen LogP contribution in [0.3, 0.4) is 0 Å². The van der Waals surface area contributed by atoms with Crippen molar-refractivity contribution in [1.29, 1.82) is 0 Å². The molecule has 0 aliphatic heterocycles. The Morgan fingerprint density at radius 3 is 2.60 bits per heavy atom. The van der Waals surface area contributed by atoms with E-state index >= 15 is 0 Å². The SMILES string of the molecule is COC(=O)C(N)Cc1ccc(COc2ccccc2)o1. The van der Waals surface area contributed by atoms with E-state index in [0.29, 0.717) is 24.5 Å². The molecule has 2 aromatic rings. The summed E-state index contributed by atoms with van der Waals surface area (Å²) in [5, 5.41) is 0. The second-order valence-electron chi connectivity index (χ2n) is 4.30. The lowest BCUT2D eigenvalue weighted by Crippen LogP contribution is -2.33. The minimum absolute atomic E-state index is 0.304. The molecule has 2 N–H and O–H groups in total. The van der Waals surface area contributed by atoms with Crippen molar-refractivity contribution in [2.24, 2.45) is 5.73 Å². The third-order valence-electron chi connectivity index (χ3n) is 2.77. The first-order chi connectivity index (χ1) is 9.69. The molecular formula is C15H17NO4. The maximum Gasteiger partial charge on any atom is 0.323 e. The van der Waals surface area contributed by atoms with Crippen molar-refractivity contribution in [3.05, 3.63) is 54.0 Å². The van der Waals surface area contributed by atoms with Crippen LogP contribution in [0.4, 0.5) is 0 Å². The van der Waals surface area contributed by atoms with Gasteiger partial charge in [0.15, 0.2) is 0 Å². The van der Waals surface area contributed by atoms with Gasteiger partial charge in [0.2, 0.25) is 0 Å². The van der Waals surface area contributed by atoms with Crippen LogP contribution in [0.5, 0.6) is 5.75 Å². The molecule has 1 heterocycles. The number of carbonyl (C=O) groups excluding carboxylic acids is 1. The highest BCUT2D eigenvalue weighted by Crippen LogP contribution is 2.14. The molecule has 0 bridgehead atoms. The van der Waals surface area contributed by atoms with Gasteiger partial charge in [0.25, 0.3) is 0 Å². The van der Waals surface area contributed by atoms with Gasteiger partial charge in [0.05, 0.1) is 7.11 Å². The van der Waals surface area contributed by atoms with Crippen molar-refractivity contribution in [2.45, 2.75) is 19.1 Å². The number of nitrogens with two attached hydrogens (primary N) is 1. The second-order valence-corrected chi connectivity index (χ2v) is 4.30. The average molecular weight is 275 g/mol. The fourth-order valence-corrected chi connectivity index (χ4v) is 1.73. The number of furan rings is 1. The summed E-state index contributed by atoms with van der Waals surface area (Å²) < 4.78 is 15.7. The van der Waals surface area contributed by atoms with Crippen LogP contribution in [-0.2, 0) is 22.6 Å². The lowest BCUT2D eigenvalue weighted by atomic mass is 10.2. The average Bonchev–Trinajstić information content (AvgIpc) is 2.92. The normalized spacial score (nSPS) is 11.9. The van der Waals surface area contributed by atoms with Crippen molar-refractivity contribution in [1.82, 2.24) is 0 Å². The smallest absolute Gasteiger partial charge is 0.323 e. The van der Waals surface area contributed by atoms with Crippen molar-refractivity contribution >= 4 is 5.97 Å². The first-order valence-electron chi connectivity index (χ1n) is 6.28. The number of hydrogen-bond acceptors (Lipinski definition) is 5. The number of para-hydroxylation sites is 1. The molecule has 0 aliphatic rings. The fourth-order valence-electron chi connectivity index (χ4n) is 1.73. The van der Waals surface area contributed by atoms with E-state index < -0.39 is 12.0 Å². The van der Waals surface area contributed by atoms with Crippen molar-refractivity contribution in [3.8, 4) is 5.75 Å². The first-order valence-corrected chi connectivity index (χ1v) is 6.28. The topological polar surface area (TPSA) is 74.7 Å². The summed E-state index contributed by atoms with van der Waals surface area (Å²) in [5.41, 5.74) is 5.67. The highest BCUT2D eigenvalue weighted by atomic mass is 16.5. The monoisotopic (exact) mass is 275 g/mol. The molecule has 0 spiro atoms. The molecule has 1 unspecified atom stereocenters. The maximum atomic E-state index is 11.2. The van der Waals surface area contributed by atoms with Crippen molar-refractivity contribution < 1.29 is 18.7 Å². The van der Waals surface area contributed by atoms with E-state index in [9.17, 15) is 4.79 Å². The van der Waals surface area contributed by atoms with E-state index in [1.165, 1.54) is 7.11 Å². The second kappa shape index (κ2) is 6.77. The van der Waals surface area contributed by atoms with Crippen LogP contribution in [0.1, 0.15) is 11.5 Å². The molecule has 1 atom stereocenters. The summed E-state index contributed by atoms with van der Waals surface area (Å²) in [4.78, 5) is 11.2. The lowest BCUT2D eigenvalue weighted by molar-refractivity contribution is -0.142. The quantitative estimate of drug-likeness (QED) is 0.815. The zero-order valence-electron chi connectivity index (χ0n) is 11.2. The molecule has 0 radical (unpaired) electrons. The molecular weight excluding hydrogens is 258 g/mol. The third kappa shape index (κ3) is 3.86. The predicted molar refractivity (Wildman–Crippen MR) is 73.2 cm³/mol. The van der Waals surface area contributed by atoms with Gasteiger partial charge in [-0.05, 0) is 24.3 Å². The number of carbonyl (C=O) groups is 1. The van der Waals surface area contributed by atoms with E-state index in [4.69, 9.17) is 14.9 Å². The summed E-state index contributed by atoms with van der Waals surface area (Å²) in [5.74, 6) is 1.63. The summed E-state index contributed by atoms with van der Waals surface area (Å²) >= 11 is 0. The summed E-state index contributed by atoms with van der Waals surface area (Å²) in [6.07, 6.45) is 0.304. The van der Waals surface area contributed by atoms with E-state index in [1.807, 2.05) is 36.4 Å². The number of benzene rings is 1. The van der Waals surface area contributed by atoms with Gasteiger partial charge in [0, 0.05) is 6.42 Å². The van der Waals surface area contributed by atoms with E-state index in [-0.39, 0.29) is 0 Å². The molecule has 20 heavy (non-hydrogen) atoms. The fraction of sp³-hybridized carbons (Fsp3) is 0.267. The largest absolute Gasteiger partial charge is 0.486 e. The van der Waals surface area contributed by atoms with Gasteiger partial charge >= 0.3 is 5.97 Å². The Morgan fingerprint density at radius 1 is 1.20 bits per heavy atom. The van der Waals surface area contributed by atoms with Crippen LogP contribution in [0.15, 0.2) is 46.9 Å². The summed E-state index contributed by atoms with van der Waals surface area (Å²) in [7, 11) is 1.31. The molecule has 0 fully saturated rings. The van der Waals surface area contributed by atoms with E-state index in [2.05, 4.69) is 4.74 Å². The molecule has 5 heteroatoms. The number of hydrogen-bond donors (Lipinski definition) is 1. The van der Waals surface area contributed by atoms with Gasteiger partial charge in [-0.3, -0.25) is 4.79 Å². The van der Waals surface area contributed by atoms with Gasteiger partial charge in [-0.1, -0.05) is 18.2 Å². The molecule has 0 amide bonds. The zero-order valence-corrected chi connectivity index (χ0v) is 11.2. The summed E-state index contributed by atoms with van der Waals surface area (Å²) in [6.45, 7) is 0.331. The third-order valence-corrected chi connectivity index (χ3v) is 2.77. The Hall–Kier alpha value is -2.27. The zero-order chi connectivity index (χ0) is 14.4. The maximum absolute atomic E-state index is 11.2. The Balaban J connectivity index is 1.87. The Morgan fingerprint density at radius 2 is 1.90 bits per heavy atom. The van der Waals surface area contributed by atoms with Crippen LogP contribution < -0.4 is 10.5 Å². The molecule has 0 saturated carbocycles. The van der Waals surface area contributed by atoms with Crippen LogP contribution in [0.2, 0.25) is 0 Å². The van der Waals surface area contributed by atoms with Crippen LogP contribution in [0, 0.1) is 0 Å². The standard InChI is InChI=1S/C15H17NO4/c1-18-15(17)14(16)9-12-7-8-13(20-12)10-19-11-5-3-2-4-6-11/h2-8,14H,9-10,16H2,1H3. The van der Waals surface area contributed by atoms with Crippen LogP contribution in [0.25, 0.3) is 0 Å². The van der Waals surface area contributed by atoms with Gasteiger partial charge < -0.3 is 19.6 Å². The predicted octanol–water partition coefficient (Wildman–Crippen LogP) is 1.90. The highest BCUT2D eigenvalue weighted by molar-refractivity contribution is 5.75. The minimum Gasteiger partial charge on any atom is -0.486 e. The van der Waals surface area contributed by atoms with Gasteiger partial charge in [0.1, 0.15) is 29.9 Å². The molecule has 0 saturated heterocycles. The molecule has 106 valence electrons. The number of ether oxygens (including phenoxy) is 2. The minimum atomic E-state index is -0.714. The molecule has 1 aromatic carbocycles. The van der Waals surface area contributed by atoms with E-state index in [0.717, 1.165) is 5.75 Å². The number of methoxy groups -OCH3 is 1. The van der Waals surface area contributed by atoms with Crippen molar-refractivity contribution in [2.75, 3.05) is 7.11 Å². The van der Waals surface area contributed by atoms with Crippen LogP contribution >= 0.6 is 0 Å². The Bertz CT molecular complexity index is 550. The highest BCUT2D eigenvalue weighted by Gasteiger charge is 2.16. The Labute approximate surface area is 117 Å². The number of esters is 1. The van der Waals surface area contributed by atoms with Crippen LogP contribution in [-0.4, -0.2) is 19.1 Å². The van der Waals surface area contributed by atoms with Crippen molar-refractivity contribution in [3.63, 3.8) is 0 Å². The Kier molecular flexibility index (Phi) is 4.79. The van der Waals surface area contributed by atoms with E-state index in [1.54, 1.807) is 6.07 Å².